The number of fused-ring (bicyclic) bond motifs is 2. The summed E-state index contributed by atoms with van der Waals surface area (Å²) in [4.78, 5) is 12.9. The SMILES string of the molecule is O=c1c2c(c(Cc3ccccc3-c3ccccc3)c3n1CCN3)CCCC2. The van der Waals surface area contributed by atoms with Crippen LogP contribution in [0.25, 0.3) is 11.1 Å². The molecule has 1 aliphatic carbocycles. The van der Waals surface area contributed by atoms with Gasteiger partial charge in [-0.05, 0) is 47.9 Å². The van der Waals surface area contributed by atoms with Gasteiger partial charge in [0.1, 0.15) is 5.82 Å². The third kappa shape index (κ3) is 2.78. The van der Waals surface area contributed by atoms with Crippen molar-refractivity contribution in [2.75, 3.05) is 11.9 Å². The molecule has 2 aromatic carbocycles. The van der Waals surface area contributed by atoms with Gasteiger partial charge in [-0.2, -0.15) is 0 Å². The summed E-state index contributed by atoms with van der Waals surface area (Å²) >= 11 is 0. The van der Waals surface area contributed by atoms with Crippen LogP contribution in [-0.2, 0) is 25.8 Å². The lowest BCUT2D eigenvalue weighted by molar-refractivity contribution is 0.651. The van der Waals surface area contributed by atoms with E-state index >= 15 is 0 Å². The molecule has 0 amide bonds. The third-order valence-corrected chi connectivity index (χ3v) is 5.99. The summed E-state index contributed by atoms with van der Waals surface area (Å²) in [6, 6.07) is 19.3. The zero-order valence-electron chi connectivity index (χ0n) is 15.5. The summed E-state index contributed by atoms with van der Waals surface area (Å²) in [6.45, 7) is 1.64. The fourth-order valence-corrected chi connectivity index (χ4v) is 4.70. The molecule has 0 saturated carbocycles. The minimum absolute atomic E-state index is 0.241. The first-order valence-corrected chi connectivity index (χ1v) is 9.97. The predicted molar refractivity (Wildman–Crippen MR) is 111 cm³/mol. The molecule has 0 radical (unpaired) electrons. The molecule has 1 aliphatic heterocycles. The zero-order chi connectivity index (χ0) is 18.2. The fourth-order valence-electron chi connectivity index (χ4n) is 4.70. The number of nitrogens with zero attached hydrogens (tertiary/aromatic N) is 1. The van der Waals surface area contributed by atoms with E-state index < -0.39 is 0 Å². The molecule has 0 saturated heterocycles. The van der Waals surface area contributed by atoms with Crippen LogP contribution >= 0.6 is 0 Å². The van der Waals surface area contributed by atoms with Crippen LogP contribution < -0.4 is 10.9 Å². The molecule has 0 bridgehead atoms. The first-order chi connectivity index (χ1) is 13.3. The second-order valence-electron chi connectivity index (χ2n) is 7.57. The highest BCUT2D eigenvalue weighted by molar-refractivity contribution is 5.69. The summed E-state index contributed by atoms with van der Waals surface area (Å²) in [5.41, 5.74) is 7.82. The lowest BCUT2D eigenvalue weighted by Crippen LogP contribution is -2.27. The highest BCUT2D eigenvalue weighted by atomic mass is 16.1. The number of nitrogens with one attached hydrogen (secondary N) is 1. The molecule has 3 heteroatoms. The average Bonchev–Trinajstić information content (AvgIpc) is 3.22. The Morgan fingerprint density at radius 1 is 0.889 bits per heavy atom. The topological polar surface area (TPSA) is 34.0 Å². The molecule has 1 aromatic heterocycles. The van der Waals surface area contributed by atoms with Crippen molar-refractivity contribution in [1.29, 1.82) is 0 Å². The van der Waals surface area contributed by atoms with E-state index in [1.165, 1.54) is 34.2 Å². The van der Waals surface area contributed by atoms with Crippen molar-refractivity contribution in [3.05, 3.63) is 87.2 Å². The van der Waals surface area contributed by atoms with Crippen LogP contribution in [0, 0.1) is 0 Å². The van der Waals surface area contributed by atoms with Gasteiger partial charge in [0, 0.05) is 30.6 Å². The Hall–Kier alpha value is -2.81. The van der Waals surface area contributed by atoms with Crippen LogP contribution in [0.4, 0.5) is 5.82 Å². The molecule has 0 fully saturated rings. The molecule has 0 unspecified atom stereocenters. The van der Waals surface area contributed by atoms with E-state index in [4.69, 9.17) is 0 Å². The molecular formula is C24H24N2O. The van der Waals surface area contributed by atoms with Gasteiger partial charge in [0.15, 0.2) is 0 Å². The lowest BCUT2D eigenvalue weighted by atomic mass is 9.86. The maximum atomic E-state index is 12.9. The van der Waals surface area contributed by atoms with Gasteiger partial charge in [-0.15, -0.1) is 0 Å². The molecule has 136 valence electrons. The normalized spacial score (nSPS) is 15.1. The van der Waals surface area contributed by atoms with E-state index in [-0.39, 0.29) is 5.56 Å². The van der Waals surface area contributed by atoms with Crippen LogP contribution in [-0.4, -0.2) is 11.1 Å². The van der Waals surface area contributed by atoms with Gasteiger partial charge in [-0.25, -0.2) is 0 Å². The molecule has 0 atom stereocenters. The minimum Gasteiger partial charge on any atom is -0.369 e. The summed E-state index contributed by atoms with van der Waals surface area (Å²) < 4.78 is 1.98. The van der Waals surface area contributed by atoms with E-state index in [2.05, 4.69) is 59.9 Å². The van der Waals surface area contributed by atoms with Gasteiger partial charge in [-0.1, -0.05) is 54.6 Å². The van der Waals surface area contributed by atoms with Gasteiger partial charge in [0.2, 0.25) is 0 Å². The van der Waals surface area contributed by atoms with Gasteiger partial charge in [0.05, 0.1) is 0 Å². The summed E-state index contributed by atoms with van der Waals surface area (Å²) in [7, 11) is 0. The van der Waals surface area contributed by atoms with Crippen molar-refractivity contribution in [1.82, 2.24) is 4.57 Å². The second kappa shape index (κ2) is 6.73. The Morgan fingerprint density at radius 3 is 2.48 bits per heavy atom. The third-order valence-electron chi connectivity index (χ3n) is 5.99. The van der Waals surface area contributed by atoms with Crippen molar-refractivity contribution in [2.24, 2.45) is 0 Å². The maximum absolute atomic E-state index is 12.9. The van der Waals surface area contributed by atoms with E-state index in [9.17, 15) is 4.79 Å². The smallest absolute Gasteiger partial charge is 0.255 e. The van der Waals surface area contributed by atoms with Gasteiger partial charge < -0.3 is 5.32 Å². The van der Waals surface area contributed by atoms with Crippen molar-refractivity contribution in [2.45, 2.75) is 38.6 Å². The summed E-state index contributed by atoms with van der Waals surface area (Å²) in [5, 5.41) is 3.50. The zero-order valence-corrected chi connectivity index (χ0v) is 15.5. The second-order valence-corrected chi connectivity index (χ2v) is 7.57. The van der Waals surface area contributed by atoms with Crippen molar-refractivity contribution < 1.29 is 0 Å². The quantitative estimate of drug-likeness (QED) is 0.754. The van der Waals surface area contributed by atoms with Crippen LogP contribution in [0.1, 0.15) is 35.1 Å². The Bertz CT molecular complexity index is 1050. The highest BCUT2D eigenvalue weighted by Gasteiger charge is 2.26. The van der Waals surface area contributed by atoms with Crippen LogP contribution in [0.5, 0.6) is 0 Å². The summed E-state index contributed by atoms with van der Waals surface area (Å²) in [5.74, 6) is 1.06. The monoisotopic (exact) mass is 356 g/mol. The number of aromatic nitrogens is 1. The summed E-state index contributed by atoms with van der Waals surface area (Å²) in [6.07, 6.45) is 5.15. The standard InChI is InChI=1S/C24H24N2O/c27-24-21-13-7-6-12-20(21)22(23-25-14-15-26(23)24)16-18-10-4-5-11-19(18)17-8-2-1-3-9-17/h1-5,8-11,25H,6-7,12-16H2. The molecular weight excluding hydrogens is 332 g/mol. The average molecular weight is 356 g/mol. The van der Waals surface area contributed by atoms with Crippen LogP contribution in [0.15, 0.2) is 59.4 Å². The Labute approximate surface area is 159 Å². The molecule has 2 heterocycles. The van der Waals surface area contributed by atoms with Gasteiger partial charge >= 0.3 is 0 Å². The van der Waals surface area contributed by atoms with E-state index in [0.29, 0.717) is 0 Å². The van der Waals surface area contributed by atoms with Gasteiger partial charge in [-0.3, -0.25) is 9.36 Å². The maximum Gasteiger partial charge on any atom is 0.255 e. The highest BCUT2D eigenvalue weighted by Crippen LogP contribution is 2.33. The number of hydrogen-bond acceptors (Lipinski definition) is 2. The van der Waals surface area contributed by atoms with Crippen molar-refractivity contribution >= 4 is 5.82 Å². The first-order valence-electron chi connectivity index (χ1n) is 9.97. The van der Waals surface area contributed by atoms with Gasteiger partial charge in [0.25, 0.3) is 5.56 Å². The number of anilines is 1. The van der Waals surface area contributed by atoms with E-state index in [1.807, 2.05) is 4.57 Å². The molecule has 3 aromatic rings. The Balaban J connectivity index is 1.66. The van der Waals surface area contributed by atoms with Crippen molar-refractivity contribution in [3.63, 3.8) is 0 Å². The molecule has 3 nitrogen and oxygen atoms in total. The minimum atomic E-state index is 0.241. The number of pyridine rings is 1. The Morgan fingerprint density at radius 2 is 1.63 bits per heavy atom. The Kier molecular flexibility index (Phi) is 4.08. The molecule has 1 N–H and O–H groups in total. The van der Waals surface area contributed by atoms with Crippen molar-refractivity contribution in [3.8, 4) is 11.1 Å². The first kappa shape index (κ1) is 16.4. The lowest BCUT2D eigenvalue weighted by Gasteiger charge is -2.23. The molecule has 0 spiro atoms. The number of benzene rings is 2. The van der Waals surface area contributed by atoms with Crippen LogP contribution in [0.2, 0.25) is 0 Å². The number of hydrogen-bond donors (Lipinski definition) is 1. The molecule has 27 heavy (non-hydrogen) atoms. The largest absolute Gasteiger partial charge is 0.369 e. The molecule has 2 aliphatic rings. The van der Waals surface area contributed by atoms with E-state index in [1.54, 1.807) is 0 Å². The van der Waals surface area contributed by atoms with E-state index in [0.717, 1.165) is 50.2 Å². The number of rotatable bonds is 3. The molecule has 5 rings (SSSR count). The predicted octanol–water partition coefficient (Wildman–Crippen LogP) is 4.41. The van der Waals surface area contributed by atoms with Crippen LogP contribution in [0.3, 0.4) is 0 Å². The fraction of sp³-hybridized carbons (Fsp3) is 0.292.